The van der Waals surface area contributed by atoms with Crippen molar-refractivity contribution in [3.8, 4) is 11.5 Å². The van der Waals surface area contributed by atoms with Crippen LogP contribution < -0.4 is 14.9 Å². The highest BCUT2D eigenvalue weighted by Gasteiger charge is 2.32. The van der Waals surface area contributed by atoms with Crippen molar-refractivity contribution in [1.29, 1.82) is 0 Å². The second kappa shape index (κ2) is 5.73. The Labute approximate surface area is 141 Å². The predicted octanol–water partition coefficient (Wildman–Crippen LogP) is 3.48. The SMILES string of the molecule is COCOc1cc2occ(I)c(=O)c2c2c1CCC(C)(C)O2. The molecule has 0 radical (unpaired) electrons. The maximum Gasteiger partial charge on any atom is 0.209 e. The number of rotatable bonds is 3. The quantitative estimate of drug-likeness (QED) is 0.567. The summed E-state index contributed by atoms with van der Waals surface area (Å²) in [4.78, 5) is 12.5. The summed E-state index contributed by atoms with van der Waals surface area (Å²) in [5.41, 5.74) is 0.966. The molecule has 118 valence electrons. The van der Waals surface area contributed by atoms with Gasteiger partial charge in [0.1, 0.15) is 34.3 Å². The molecule has 0 aliphatic carbocycles. The zero-order valence-electron chi connectivity index (χ0n) is 12.7. The zero-order chi connectivity index (χ0) is 15.9. The first-order valence-corrected chi connectivity index (χ1v) is 8.08. The Morgan fingerprint density at radius 3 is 2.91 bits per heavy atom. The number of halogens is 1. The number of hydrogen-bond donors (Lipinski definition) is 0. The van der Waals surface area contributed by atoms with Gasteiger partial charge in [0.05, 0.1) is 3.57 Å². The molecule has 1 aliphatic rings. The molecule has 2 aromatic rings. The van der Waals surface area contributed by atoms with Crippen LogP contribution in [-0.2, 0) is 11.2 Å². The highest BCUT2D eigenvalue weighted by atomic mass is 127. The molecule has 1 aromatic heterocycles. The Hall–Kier alpha value is -1.28. The van der Waals surface area contributed by atoms with E-state index >= 15 is 0 Å². The maximum absolute atomic E-state index is 12.5. The molecule has 0 fully saturated rings. The zero-order valence-corrected chi connectivity index (χ0v) is 14.9. The summed E-state index contributed by atoms with van der Waals surface area (Å²) in [5, 5.41) is 0.486. The smallest absolute Gasteiger partial charge is 0.209 e. The summed E-state index contributed by atoms with van der Waals surface area (Å²) in [6.07, 6.45) is 3.08. The first-order chi connectivity index (χ1) is 10.4. The van der Waals surface area contributed by atoms with E-state index < -0.39 is 0 Å². The maximum atomic E-state index is 12.5. The molecule has 0 saturated heterocycles. The lowest BCUT2D eigenvalue weighted by Gasteiger charge is -2.33. The van der Waals surface area contributed by atoms with Crippen LogP contribution in [0.4, 0.5) is 0 Å². The summed E-state index contributed by atoms with van der Waals surface area (Å²) < 4.78 is 22.8. The Morgan fingerprint density at radius 2 is 2.18 bits per heavy atom. The van der Waals surface area contributed by atoms with Gasteiger partial charge in [-0.3, -0.25) is 4.79 Å². The minimum absolute atomic E-state index is 0.0749. The van der Waals surface area contributed by atoms with E-state index in [0.29, 0.717) is 26.0 Å². The van der Waals surface area contributed by atoms with Gasteiger partial charge in [-0.25, -0.2) is 0 Å². The standard InChI is InChI=1S/C16H17IO5/c1-16(2)5-4-9-11(21-8-19-3)6-12-13(15(9)22-16)14(18)10(17)7-20-12/h6-7H,4-5,8H2,1-3H3. The molecule has 0 N–H and O–H groups in total. The average molecular weight is 416 g/mol. The van der Waals surface area contributed by atoms with Crippen molar-refractivity contribution >= 4 is 33.6 Å². The largest absolute Gasteiger partial charge is 0.486 e. The van der Waals surface area contributed by atoms with E-state index in [1.165, 1.54) is 6.26 Å². The lowest BCUT2D eigenvalue weighted by atomic mass is 9.92. The van der Waals surface area contributed by atoms with Crippen molar-refractivity contribution in [2.75, 3.05) is 13.9 Å². The van der Waals surface area contributed by atoms with E-state index in [2.05, 4.69) is 0 Å². The fourth-order valence-electron chi connectivity index (χ4n) is 2.60. The van der Waals surface area contributed by atoms with Gasteiger partial charge in [0.2, 0.25) is 5.43 Å². The number of benzene rings is 1. The average Bonchev–Trinajstić information content (AvgIpc) is 2.47. The van der Waals surface area contributed by atoms with E-state index in [1.807, 2.05) is 36.4 Å². The van der Waals surface area contributed by atoms with E-state index in [9.17, 15) is 4.79 Å². The van der Waals surface area contributed by atoms with Gasteiger partial charge < -0.3 is 18.6 Å². The molecule has 2 heterocycles. The first-order valence-electron chi connectivity index (χ1n) is 7.00. The van der Waals surface area contributed by atoms with Crippen LogP contribution >= 0.6 is 22.6 Å². The third kappa shape index (κ3) is 2.69. The second-order valence-electron chi connectivity index (χ2n) is 5.88. The fourth-order valence-corrected chi connectivity index (χ4v) is 3.00. The van der Waals surface area contributed by atoms with Gasteiger partial charge in [-0.2, -0.15) is 0 Å². The summed E-state index contributed by atoms with van der Waals surface area (Å²) in [5.74, 6) is 1.22. The molecule has 1 aromatic carbocycles. The number of methoxy groups -OCH3 is 1. The third-order valence-corrected chi connectivity index (χ3v) is 4.47. The Morgan fingerprint density at radius 1 is 1.41 bits per heavy atom. The van der Waals surface area contributed by atoms with Crippen molar-refractivity contribution in [2.45, 2.75) is 32.3 Å². The summed E-state index contributed by atoms with van der Waals surface area (Å²) >= 11 is 1.97. The monoisotopic (exact) mass is 416 g/mol. The molecular weight excluding hydrogens is 399 g/mol. The molecule has 6 heteroatoms. The van der Waals surface area contributed by atoms with Crippen LogP contribution in [-0.4, -0.2) is 19.5 Å². The highest BCUT2D eigenvalue weighted by molar-refractivity contribution is 14.1. The number of fused-ring (bicyclic) bond motifs is 3. The number of hydrogen-bond acceptors (Lipinski definition) is 5. The van der Waals surface area contributed by atoms with Crippen LogP contribution in [0.15, 0.2) is 21.5 Å². The Balaban J connectivity index is 2.29. The van der Waals surface area contributed by atoms with Crippen LogP contribution in [0.5, 0.6) is 11.5 Å². The van der Waals surface area contributed by atoms with Crippen LogP contribution in [0.1, 0.15) is 25.8 Å². The van der Waals surface area contributed by atoms with Crippen LogP contribution in [0.3, 0.4) is 0 Å². The Bertz CT molecular complexity index is 778. The van der Waals surface area contributed by atoms with Crippen molar-refractivity contribution < 1.29 is 18.6 Å². The molecule has 0 amide bonds. The van der Waals surface area contributed by atoms with Crippen molar-refractivity contribution in [2.24, 2.45) is 0 Å². The van der Waals surface area contributed by atoms with Crippen LogP contribution in [0, 0.1) is 3.57 Å². The van der Waals surface area contributed by atoms with E-state index in [0.717, 1.165) is 18.4 Å². The lowest BCUT2D eigenvalue weighted by molar-refractivity contribution is 0.0469. The molecule has 0 spiro atoms. The molecule has 22 heavy (non-hydrogen) atoms. The molecule has 5 nitrogen and oxygen atoms in total. The van der Waals surface area contributed by atoms with Gasteiger partial charge in [0.25, 0.3) is 0 Å². The van der Waals surface area contributed by atoms with Crippen molar-refractivity contribution in [3.05, 3.63) is 31.7 Å². The van der Waals surface area contributed by atoms with Gasteiger partial charge >= 0.3 is 0 Å². The molecule has 0 atom stereocenters. The Kier molecular flexibility index (Phi) is 4.07. The van der Waals surface area contributed by atoms with E-state index in [4.69, 9.17) is 18.6 Å². The second-order valence-corrected chi connectivity index (χ2v) is 7.04. The summed E-state index contributed by atoms with van der Waals surface area (Å²) in [6, 6.07) is 1.74. The number of ether oxygens (including phenoxy) is 3. The molecule has 0 bridgehead atoms. The lowest BCUT2D eigenvalue weighted by Crippen LogP contribution is -2.33. The highest BCUT2D eigenvalue weighted by Crippen LogP contribution is 2.42. The first kappa shape index (κ1) is 15.6. The summed E-state index contributed by atoms with van der Waals surface area (Å²) in [7, 11) is 1.57. The third-order valence-electron chi connectivity index (χ3n) is 3.73. The minimum atomic E-state index is -0.326. The molecular formula is C16H17IO5. The van der Waals surface area contributed by atoms with Crippen LogP contribution in [0.2, 0.25) is 0 Å². The molecule has 3 rings (SSSR count). The van der Waals surface area contributed by atoms with Gasteiger partial charge in [0.15, 0.2) is 6.79 Å². The van der Waals surface area contributed by atoms with Gasteiger partial charge in [0, 0.05) is 18.7 Å². The van der Waals surface area contributed by atoms with Gasteiger partial charge in [-0.1, -0.05) is 0 Å². The predicted molar refractivity (Wildman–Crippen MR) is 90.7 cm³/mol. The van der Waals surface area contributed by atoms with Crippen LogP contribution in [0.25, 0.3) is 11.0 Å². The van der Waals surface area contributed by atoms with E-state index in [-0.39, 0.29) is 17.8 Å². The normalized spacial score (nSPS) is 16.2. The van der Waals surface area contributed by atoms with Gasteiger partial charge in [-0.05, 0) is 49.3 Å². The topological polar surface area (TPSA) is 57.9 Å². The molecule has 0 unspecified atom stereocenters. The fraction of sp³-hybridized carbons (Fsp3) is 0.438. The van der Waals surface area contributed by atoms with E-state index in [1.54, 1.807) is 13.2 Å². The molecule has 1 aliphatic heterocycles. The van der Waals surface area contributed by atoms with Crippen molar-refractivity contribution in [1.82, 2.24) is 0 Å². The summed E-state index contributed by atoms with van der Waals surface area (Å²) in [6.45, 7) is 4.16. The molecule has 0 saturated carbocycles. The minimum Gasteiger partial charge on any atom is -0.486 e. The van der Waals surface area contributed by atoms with Crippen molar-refractivity contribution in [3.63, 3.8) is 0 Å². The van der Waals surface area contributed by atoms with Gasteiger partial charge in [-0.15, -0.1) is 0 Å².